The van der Waals surface area contributed by atoms with E-state index < -0.39 is 8.07 Å². The van der Waals surface area contributed by atoms with Crippen molar-refractivity contribution in [3.05, 3.63) is 0 Å². The number of carbonyl (C=O) groups is 1. The molecule has 0 spiro atoms. The first-order valence-corrected chi connectivity index (χ1v) is 9.37. The van der Waals surface area contributed by atoms with E-state index in [1.807, 2.05) is 0 Å². The summed E-state index contributed by atoms with van der Waals surface area (Å²) in [4.78, 5) is 11.7. The maximum Gasteiger partial charge on any atom is 0.145 e. The first kappa shape index (κ1) is 16.4. The van der Waals surface area contributed by atoms with E-state index >= 15 is 0 Å². The number of hydrogen-bond acceptors (Lipinski definition) is 1. The Morgan fingerprint density at radius 3 is 1.88 bits per heavy atom. The average Bonchev–Trinajstić information content (AvgIpc) is 1.97. The van der Waals surface area contributed by atoms with Gasteiger partial charge >= 0.3 is 0 Å². The highest BCUT2D eigenvalue weighted by atomic mass is 28.3. The van der Waals surface area contributed by atoms with Crippen LogP contribution >= 0.6 is 0 Å². The Bertz CT molecular complexity index is 329. The molecule has 0 unspecified atom stereocenters. The number of hydrogen-bond donors (Lipinski definition) is 0. The SMILES string of the molecule is CC(C)(C)CC(=O)CC#C[Si](C)(C)C(C)(C)C. The van der Waals surface area contributed by atoms with Gasteiger partial charge in [-0.15, -0.1) is 11.5 Å². The summed E-state index contributed by atoms with van der Waals surface area (Å²) in [7, 11) is -1.54. The van der Waals surface area contributed by atoms with Crippen LogP contribution in [0.3, 0.4) is 0 Å². The molecule has 0 saturated carbocycles. The van der Waals surface area contributed by atoms with Gasteiger partial charge < -0.3 is 0 Å². The quantitative estimate of drug-likeness (QED) is 0.525. The molecule has 0 amide bonds. The van der Waals surface area contributed by atoms with Gasteiger partial charge in [0.25, 0.3) is 0 Å². The van der Waals surface area contributed by atoms with Gasteiger partial charge in [-0.3, -0.25) is 4.79 Å². The normalized spacial score (nSPS) is 12.9. The molecule has 0 fully saturated rings. The molecule has 0 N–H and O–H groups in total. The molecule has 0 radical (unpaired) electrons. The Morgan fingerprint density at radius 2 is 1.53 bits per heavy atom. The first-order chi connectivity index (χ1) is 7.35. The van der Waals surface area contributed by atoms with Gasteiger partial charge in [-0.25, -0.2) is 0 Å². The van der Waals surface area contributed by atoms with Crippen molar-refractivity contribution in [2.45, 2.75) is 72.5 Å². The standard InChI is InChI=1S/C15H28OSi/c1-14(2,3)12-13(16)10-9-11-17(7,8)15(4,5)6/h10,12H2,1-8H3. The second-order valence-corrected chi connectivity index (χ2v) is 12.6. The molecule has 0 atom stereocenters. The van der Waals surface area contributed by atoms with Crippen LogP contribution in [0, 0.1) is 16.9 Å². The Hall–Kier alpha value is -0.553. The van der Waals surface area contributed by atoms with E-state index in [1.54, 1.807) is 0 Å². The second kappa shape index (κ2) is 5.39. The summed E-state index contributed by atoms with van der Waals surface area (Å²) in [6.45, 7) is 17.5. The van der Waals surface area contributed by atoms with Crippen LogP contribution in [-0.4, -0.2) is 13.9 Å². The summed E-state index contributed by atoms with van der Waals surface area (Å²) in [6, 6.07) is 0. The van der Waals surface area contributed by atoms with E-state index in [9.17, 15) is 4.79 Å². The highest BCUT2D eigenvalue weighted by Crippen LogP contribution is 2.35. The lowest BCUT2D eigenvalue weighted by Crippen LogP contribution is -2.35. The third-order valence-corrected chi connectivity index (χ3v) is 7.84. The van der Waals surface area contributed by atoms with Gasteiger partial charge in [0, 0.05) is 6.42 Å². The fraction of sp³-hybridized carbons (Fsp3) is 0.800. The number of carbonyl (C=O) groups excluding carboxylic acids is 1. The Balaban J connectivity index is 4.46. The molecule has 1 nitrogen and oxygen atoms in total. The Morgan fingerprint density at radius 1 is 1.06 bits per heavy atom. The maximum absolute atomic E-state index is 11.7. The van der Waals surface area contributed by atoms with E-state index in [1.165, 1.54) is 0 Å². The third kappa shape index (κ3) is 6.68. The molecule has 17 heavy (non-hydrogen) atoms. The van der Waals surface area contributed by atoms with E-state index in [0.717, 1.165) is 0 Å². The van der Waals surface area contributed by atoms with Crippen LogP contribution < -0.4 is 0 Å². The summed E-state index contributed by atoms with van der Waals surface area (Å²) in [6.07, 6.45) is 1.04. The highest BCUT2D eigenvalue weighted by Gasteiger charge is 2.33. The van der Waals surface area contributed by atoms with Crippen LogP contribution in [0.2, 0.25) is 18.1 Å². The predicted octanol–water partition coefficient (Wildman–Crippen LogP) is 4.43. The van der Waals surface area contributed by atoms with E-state index in [4.69, 9.17) is 0 Å². The minimum absolute atomic E-state index is 0.0791. The first-order valence-electron chi connectivity index (χ1n) is 6.37. The van der Waals surface area contributed by atoms with Crippen molar-refractivity contribution in [1.29, 1.82) is 0 Å². The van der Waals surface area contributed by atoms with Crippen LogP contribution in [-0.2, 0) is 4.79 Å². The van der Waals surface area contributed by atoms with Gasteiger partial charge in [-0.1, -0.05) is 54.6 Å². The van der Waals surface area contributed by atoms with Crippen LogP contribution in [0.5, 0.6) is 0 Å². The summed E-state index contributed by atoms with van der Waals surface area (Å²) >= 11 is 0. The van der Waals surface area contributed by atoms with Gasteiger partial charge in [-0.05, 0) is 10.5 Å². The van der Waals surface area contributed by atoms with Gasteiger partial charge in [0.05, 0.1) is 6.42 Å². The molecule has 0 aliphatic rings. The van der Waals surface area contributed by atoms with Crippen molar-refractivity contribution in [2.24, 2.45) is 5.41 Å². The second-order valence-electron chi connectivity index (χ2n) is 7.63. The van der Waals surface area contributed by atoms with Gasteiger partial charge in [-0.2, -0.15) is 0 Å². The van der Waals surface area contributed by atoms with Crippen molar-refractivity contribution < 1.29 is 4.79 Å². The fourth-order valence-electron chi connectivity index (χ4n) is 1.21. The zero-order chi connectivity index (χ0) is 13.9. The molecule has 0 saturated heterocycles. The fourth-order valence-corrected chi connectivity index (χ4v) is 2.11. The van der Waals surface area contributed by atoms with Crippen molar-refractivity contribution in [2.75, 3.05) is 0 Å². The summed E-state index contributed by atoms with van der Waals surface area (Å²) in [5, 5.41) is 0.271. The molecule has 0 heterocycles. The molecular weight excluding hydrogens is 224 g/mol. The topological polar surface area (TPSA) is 17.1 Å². The minimum atomic E-state index is -1.54. The average molecular weight is 252 g/mol. The number of Topliss-reactive ketones (excluding diaryl/α,β-unsaturated/α-hetero) is 1. The lowest BCUT2D eigenvalue weighted by atomic mass is 9.89. The van der Waals surface area contributed by atoms with E-state index in [-0.39, 0.29) is 16.2 Å². The van der Waals surface area contributed by atoms with E-state index in [2.05, 4.69) is 66.1 Å². The lowest BCUT2D eigenvalue weighted by molar-refractivity contribution is -0.119. The van der Waals surface area contributed by atoms with Crippen LogP contribution in [0.15, 0.2) is 0 Å². The van der Waals surface area contributed by atoms with Gasteiger partial charge in [0.2, 0.25) is 0 Å². The molecule has 2 heteroatoms. The summed E-state index contributed by atoms with van der Waals surface area (Å²) in [5.74, 6) is 3.38. The molecule has 0 aromatic carbocycles. The predicted molar refractivity (Wildman–Crippen MR) is 78.7 cm³/mol. The molecule has 0 aromatic heterocycles. The lowest BCUT2D eigenvalue weighted by Gasteiger charge is -2.31. The summed E-state index contributed by atoms with van der Waals surface area (Å²) in [5.41, 5.74) is 3.46. The molecule has 98 valence electrons. The molecule has 0 aliphatic heterocycles. The van der Waals surface area contributed by atoms with Crippen molar-refractivity contribution in [1.82, 2.24) is 0 Å². The van der Waals surface area contributed by atoms with Crippen LogP contribution in [0.4, 0.5) is 0 Å². The van der Waals surface area contributed by atoms with Crippen molar-refractivity contribution in [3.63, 3.8) is 0 Å². The number of rotatable bonds is 2. The zero-order valence-electron chi connectivity index (χ0n) is 12.8. The Labute approximate surface area is 108 Å². The monoisotopic (exact) mass is 252 g/mol. The molecule has 0 aromatic rings. The Kier molecular flexibility index (Phi) is 5.22. The van der Waals surface area contributed by atoms with Crippen molar-refractivity contribution >= 4 is 13.9 Å². The molecule has 0 rings (SSSR count). The maximum atomic E-state index is 11.7. The van der Waals surface area contributed by atoms with Crippen LogP contribution in [0.1, 0.15) is 54.4 Å². The molecular formula is C15H28OSi. The molecule has 0 aliphatic carbocycles. The highest BCUT2D eigenvalue weighted by molar-refractivity contribution is 6.87. The zero-order valence-corrected chi connectivity index (χ0v) is 13.8. The van der Waals surface area contributed by atoms with Gasteiger partial charge in [0.15, 0.2) is 0 Å². The van der Waals surface area contributed by atoms with Gasteiger partial charge in [0.1, 0.15) is 13.9 Å². The minimum Gasteiger partial charge on any atom is -0.299 e. The number of ketones is 1. The molecule has 0 bridgehead atoms. The smallest absolute Gasteiger partial charge is 0.145 e. The third-order valence-electron chi connectivity index (χ3n) is 3.29. The summed E-state index contributed by atoms with van der Waals surface area (Å²) < 4.78 is 0. The van der Waals surface area contributed by atoms with Crippen LogP contribution in [0.25, 0.3) is 0 Å². The van der Waals surface area contributed by atoms with Crippen molar-refractivity contribution in [3.8, 4) is 11.5 Å². The van der Waals surface area contributed by atoms with E-state index in [0.29, 0.717) is 12.8 Å². The largest absolute Gasteiger partial charge is 0.299 e.